The van der Waals surface area contributed by atoms with Gasteiger partial charge in [0.15, 0.2) is 5.03 Å². The molecule has 2 aromatic rings. The Labute approximate surface area is 105 Å². The second-order valence-corrected chi connectivity index (χ2v) is 5.42. The van der Waals surface area contributed by atoms with Gasteiger partial charge in [0.2, 0.25) is 0 Å². The molecule has 0 aliphatic heterocycles. The molecule has 2 rings (SSSR count). The third kappa shape index (κ3) is 2.76. The number of aromatic amines is 1. The smallest absolute Gasteiger partial charge is 0.258 e. The Morgan fingerprint density at radius 1 is 1.28 bits per heavy atom. The Kier molecular flexibility index (Phi) is 3.75. The van der Waals surface area contributed by atoms with Crippen molar-refractivity contribution in [3.05, 3.63) is 48.2 Å². The standard InChI is InChI=1S/C11H14N4O2S/c12-8-10(9-4-2-1-3-5-9)15-18(16,17)11-6-7-13-14-11/h1-7,10,15H,8,12H2,(H,13,14). The SMILES string of the molecule is NCC(NS(=O)(=O)c1ccn[nH]1)c1ccccc1. The summed E-state index contributed by atoms with van der Waals surface area (Å²) in [5, 5.41) is 6.06. The number of aromatic nitrogens is 2. The molecule has 4 N–H and O–H groups in total. The van der Waals surface area contributed by atoms with Gasteiger partial charge in [0.05, 0.1) is 12.2 Å². The molecule has 1 aromatic carbocycles. The summed E-state index contributed by atoms with van der Waals surface area (Å²) < 4.78 is 26.5. The number of rotatable bonds is 5. The predicted octanol–water partition coefficient (Wildman–Crippen LogP) is 0.388. The fraction of sp³-hybridized carbons (Fsp3) is 0.182. The molecule has 0 aliphatic carbocycles. The molecular formula is C11H14N4O2S. The van der Waals surface area contributed by atoms with Gasteiger partial charge in [0.25, 0.3) is 10.0 Å². The largest absolute Gasteiger partial charge is 0.329 e. The number of nitrogens with zero attached hydrogens (tertiary/aromatic N) is 1. The maximum Gasteiger partial charge on any atom is 0.258 e. The van der Waals surface area contributed by atoms with E-state index in [0.717, 1.165) is 5.56 Å². The highest BCUT2D eigenvalue weighted by Crippen LogP contribution is 2.14. The first-order valence-electron chi connectivity index (χ1n) is 5.40. The van der Waals surface area contributed by atoms with Gasteiger partial charge in [-0.15, -0.1) is 0 Å². The first kappa shape index (κ1) is 12.7. The summed E-state index contributed by atoms with van der Waals surface area (Å²) >= 11 is 0. The van der Waals surface area contributed by atoms with Crippen LogP contribution in [0.2, 0.25) is 0 Å². The van der Waals surface area contributed by atoms with Crippen LogP contribution in [0.4, 0.5) is 0 Å². The van der Waals surface area contributed by atoms with Crippen LogP contribution in [0, 0.1) is 0 Å². The van der Waals surface area contributed by atoms with Gasteiger partial charge in [-0.2, -0.15) is 5.10 Å². The van der Waals surface area contributed by atoms with Gasteiger partial charge in [0, 0.05) is 6.54 Å². The highest BCUT2D eigenvalue weighted by atomic mass is 32.2. The first-order valence-corrected chi connectivity index (χ1v) is 6.88. The zero-order chi connectivity index (χ0) is 13.0. The van der Waals surface area contributed by atoms with Crippen LogP contribution in [-0.2, 0) is 10.0 Å². The van der Waals surface area contributed by atoms with E-state index in [4.69, 9.17) is 5.73 Å². The van der Waals surface area contributed by atoms with Gasteiger partial charge in [-0.1, -0.05) is 30.3 Å². The zero-order valence-corrected chi connectivity index (χ0v) is 10.4. The molecular weight excluding hydrogens is 252 g/mol. The Morgan fingerprint density at radius 2 is 2.00 bits per heavy atom. The van der Waals surface area contributed by atoms with Gasteiger partial charge < -0.3 is 5.73 Å². The van der Waals surface area contributed by atoms with Crippen molar-refractivity contribution in [2.45, 2.75) is 11.1 Å². The third-order valence-corrected chi connectivity index (χ3v) is 3.90. The first-order chi connectivity index (χ1) is 8.63. The molecule has 0 fully saturated rings. The summed E-state index contributed by atoms with van der Waals surface area (Å²) in [6.45, 7) is 0.178. The molecule has 1 atom stereocenters. The minimum atomic E-state index is -3.62. The molecule has 0 radical (unpaired) electrons. The fourth-order valence-electron chi connectivity index (χ4n) is 1.58. The van der Waals surface area contributed by atoms with E-state index in [1.54, 1.807) is 0 Å². The topological polar surface area (TPSA) is 101 Å². The summed E-state index contributed by atoms with van der Waals surface area (Å²) in [6.07, 6.45) is 1.38. The Morgan fingerprint density at radius 3 is 2.56 bits per heavy atom. The average molecular weight is 266 g/mol. The molecule has 0 bridgehead atoms. The number of nitrogens with one attached hydrogen (secondary N) is 2. The maximum absolute atomic E-state index is 12.0. The Hall–Kier alpha value is -1.70. The summed E-state index contributed by atoms with van der Waals surface area (Å²) in [5.41, 5.74) is 6.43. The van der Waals surface area contributed by atoms with Crippen LogP contribution < -0.4 is 10.5 Å². The van der Waals surface area contributed by atoms with E-state index >= 15 is 0 Å². The van der Waals surface area contributed by atoms with Crippen molar-refractivity contribution in [1.82, 2.24) is 14.9 Å². The fourth-order valence-corrected chi connectivity index (χ4v) is 2.73. The van der Waals surface area contributed by atoms with E-state index in [2.05, 4.69) is 14.9 Å². The molecule has 0 spiro atoms. The number of H-pyrrole nitrogens is 1. The number of sulfonamides is 1. The molecule has 18 heavy (non-hydrogen) atoms. The summed E-state index contributed by atoms with van der Waals surface area (Å²) in [6, 6.07) is 10.1. The van der Waals surface area contributed by atoms with Gasteiger partial charge in [0.1, 0.15) is 0 Å². The lowest BCUT2D eigenvalue weighted by molar-refractivity contribution is 0.554. The van der Waals surface area contributed by atoms with Crippen LogP contribution >= 0.6 is 0 Å². The van der Waals surface area contributed by atoms with E-state index in [0.29, 0.717) is 0 Å². The normalized spacial score (nSPS) is 13.4. The Balaban J connectivity index is 2.22. The molecule has 0 saturated heterocycles. The van der Waals surface area contributed by atoms with Crippen molar-refractivity contribution in [1.29, 1.82) is 0 Å². The molecule has 6 nitrogen and oxygen atoms in total. The van der Waals surface area contributed by atoms with Crippen molar-refractivity contribution in [2.75, 3.05) is 6.54 Å². The van der Waals surface area contributed by atoms with Crippen LogP contribution in [0.15, 0.2) is 47.6 Å². The van der Waals surface area contributed by atoms with Crippen molar-refractivity contribution in [3.8, 4) is 0 Å². The van der Waals surface area contributed by atoms with Crippen molar-refractivity contribution in [3.63, 3.8) is 0 Å². The highest BCUT2D eigenvalue weighted by Gasteiger charge is 2.21. The van der Waals surface area contributed by atoms with Crippen LogP contribution in [0.3, 0.4) is 0 Å². The maximum atomic E-state index is 12.0. The van der Waals surface area contributed by atoms with E-state index < -0.39 is 16.1 Å². The molecule has 0 amide bonds. The van der Waals surface area contributed by atoms with Gasteiger partial charge in [-0.25, -0.2) is 13.1 Å². The predicted molar refractivity (Wildman–Crippen MR) is 67.1 cm³/mol. The number of hydrogen-bond acceptors (Lipinski definition) is 4. The van der Waals surface area contributed by atoms with Crippen LogP contribution in [0.1, 0.15) is 11.6 Å². The molecule has 0 aliphatic rings. The summed E-state index contributed by atoms with van der Waals surface area (Å²) in [4.78, 5) is 0. The zero-order valence-electron chi connectivity index (χ0n) is 9.58. The quantitative estimate of drug-likeness (QED) is 0.728. The lowest BCUT2D eigenvalue weighted by atomic mass is 10.1. The van der Waals surface area contributed by atoms with Crippen LogP contribution in [-0.4, -0.2) is 25.2 Å². The Bertz CT molecular complexity index is 581. The molecule has 1 heterocycles. The number of nitrogens with two attached hydrogens (primary N) is 1. The van der Waals surface area contributed by atoms with E-state index in [-0.39, 0.29) is 11.6 Å². The second kappa shape index (κ2) is 5.30. The molecule has 7 heteroatoms. The highest BCUT2D eigenvalue weighted by molar-refractivity contribution is 7.89. The van der Waals surface area contributed by atoms with Gasteiger partial charge in [-0.3, -0.25) is 5.10 Å². The lowest BCUT2D eigenvalue weighted by Crippen LogP contribution is -2.33. The minimum Gasteiger partial charge on any atom is -0.329 e. The van der Waals surface area contributed by atoms with Crippen molar-refractivity contribution < 1.29 is 8.42 Å². The van der Waals surface area contributed by atoms with Gasteiger partial charge in [-0.05, 0) is 11.6 Å². The molecule has 0 saturated carbocycles. The summed E-state index contributed by atoms with van der Waals surface area (Å²) in [5.74, 6) is 0. The number of hydrogen-bond donors (Lipinski definition) is 3. The molecule has 1 aromatic heterocycles. The molecule has 96 valence electrons. The molecule has 1 unspecified atom stereocenters. The minimum absolute atomic E-state index is 0.0249. The third-order valence-electron chi connectivity index (χ3n) is 2.50. The van der Waals surface area contributed by atoms with Crippen LogP contribution in [0.5, 0.6) is 0 Å². The number of benzene rings is 1. The lowest BCUT2D eigenvalue weighted by Gasteiger charge is -2.16. The van der Waals surface area contributed by atoms with E-state index in [9.17, 15) is 8.42 Å². The van der Waals surface area contributed by atoms with Crippen molar-refractivity contribution in [2.24, 2.45) is 5.73 Å². The average Bonchev–Trinajstić information content (AvgIpc) is 2.92. The van der Waals surface area contributed by atoms with Gasteiger partial charge >= 0.3 is 0 Å². The monoisotopic (exact) mass is 266 g/mol. The van der Waals surface area contributed by atoms with E-state index in [1.807, 2.05) is 30.3 Å². The van der Waals surface area contributed by atoms with E-state index in [1.165, 1.54) is 12.3 Å². The van der Waals surface area contributed by atoms with Crippen molar-refractivity contribution >= 4 is 10.0 Å². The second-order valence-electron chi connectivity index (χ2n) is 3.74. The van der Waals surface area contributed by atoms with Crippen LogP contribution in [0.25, 0.3) is 0 Å². The summed E-state index contributed by atoms with van der Waals surface area (Å²) in [7, 11) is -3.62.